The summed E-state index contributed by atoms with van der Waals surface area (Å²) in [6, 6.07) is 0.528. The first kappa shape index (κ1) is 14.3. The van der Waals surface area contributed by atoms with Crippen LogP contribution in [0.5, 0.6) is 0 Å². The lowest BCUT2D eigenvalue weighted by molar-refractivity contribution is 0.267. The molecule has 0 aromatic rings. The first-order chi connectivity index (χ1) is 7.58. The van der Waals surface area contributed by atoms with Gasteiger partial charge in [-0.15, -0.1) is 0 Å². The van der Waals surface area contributed by atoms with Crippen LogP contribution in [0, 0.1) is 0 Å². The Morgan fingerprint density at radius 3 is 2.69 bits per heavy atom. The molecule has 2 atom stereocenters. The molecule has 0 radical (unpaired) electrons. The first-order valence-electron chi connectivity index (χ1n) is 5.76. The molecule has 2 unspecified atom stereocenters. The Morgan fingerprint density at radius 2 is 2.25 bits per heavy atom. The minimum Gasteiger partial charge on any atom is -0.348 e. The van der Waals surface area contributed by atoms with Crippen LogP contribution in [-0.4, -0.2) is 65.3 Å². The van der Waals surface area contributed by atoms with Crippen molar-refractivity contribution in [3.8, 4) is 0 Å². The maximum atomic E-state index is 4.64. The third-order valence-electron chi connectivity index (χ3n) is 2.62. The number of thioether (sulfide) groups is 1. The van der Waals surface area contributed by atoms with Crippen molar-refractivity contribution in [2.24, 2.45) is 4.99 Å². The summed E-state index contributed by atoms with van der Waals surface area (Å²) >= 11 is 5.44. The Bertz CT molecular complexity index is 245. The molecule has 0 aromatic carbocycles. The molecular weight excluding hydrogens is 286 g/mol. The van der Waals surface area contributed by atoms with E-state index in [9.17, 15) is 0 Å². The van der Waals surface area contributed by atoms with Gasteiger partial charge < -0.3 is 9.80 Å². The van der Waals surface area contributed by atoms with Crippen molar-refractivity contribution in [3.63, 3.8) is 0 Å². The van der Waals surface area contributed by atoms with Crippen LogP contribution in [0.1, 0.15) is 13.8 Å². The molecule has 0 aliphatic carbocycles. The largest absolute Gasteiger partial charge is 0.348 e. The summed E-state index contributed by atoms with van der Waals surface area (Å²) in [6.07, 6.45) is 0. The van der Waals surface area contributed by atoms with Crippen LogP contribution in [0.3, 0.4) is 0 Å². The molecule has 1 heterocycles. The van der Waals surface area contributed by atoms with Gasteiger partial charge in [-0.3, -0.25) is 4.99 Å². The lowest BCUT2D eigenvalue weighted by Crippen LogP contribution is -2.42. The normalized spacial score (nSPS) is 22.4. The highest BCUT2D eigenvalue weighted by molar-refractivity contribution is 9.09. The van der Waals surface area contributed by atoms with Gasteiger partial charge in [-0.25, -0.2) is 0 Å². The lowest BCUT2D eigenvalue weighted by atomic mass is 10.3. The van der Waals surface area contributed by atoms with Crippen molar-refractivity contribution in [2.75, 3.05) is 39.1 Å². The highest BCUT2D eigenvalue weighted by atomic mass is 79.9. The van der Waals surface area contributed by atoms with Crippen molar-refractivity contribution >= 4 is 32.9 Å². The summed E-state index contributed by atoms with van der Waals surface area (Å²) in [5, 5.41) is 2.88. The number of likely N-dealkylation sites (N-methyl/N-ethyl adjacent to an activating group) is 2. The number of amidine groups is 1. The summed E-state index contributed by atoms with van der Waals surface area (Å²) in [5.74, 6) is 0. The van der Waals surface area contributed by atoms with Gasteiger partial charge in [0.05, 0.1) is 6.54 Å². The maximum Gasteiger partial charge on any atom is 0.159 e. The average Bonchev–Trinajstić information content (AvgIpc) is 2.66. The van der Waals surface area contributed by atoms with Crippen molar-refractivity contribution in [1.82, 2.24) is 9.80 Å². The smallest absolute Gasteiger partial charge is 0.159 e. The molecule has 94 valence electrons. The SMILES string of the molecule is CCN(C1=NCC(CBr)S1)C(C)CN(C)C. The number of hydrogen-bond donors (Lipinski definition) is 0. The van der Waals surface area contributed by atoms with Crippen molar-refractivity contribution in [1.29, 1.82) is 0 Å². The molecule has 0 aromatic heterocycles. The third-order valence-corrected chi connectivity index (χ3v) is 5.06. The van der Waals surface area contributed by atoms with Crippen LogP contribution in [-0.2, 0) is 0 Å². The van der Waals surface area contributed by atoms with E-state index in [0.29, 0.717) is 11.3 Å². The van der Waals surface area contributed by atoms with Crippen LogP contribution in [0.25, 0.3) is 0 Å². The zero-order chi connectivity index (χ0) is 12.1. The number of alkyl halides is 1. The van der Waals surface area contributed by atoms with Gasteiger partial charge in [0, 0.05) is 29.7 Å². The number of aliphatic imine (C=N–C) groups is 1. The Hall–Kier alpha value is 0.260. The zero-order valence-electron chi connectivity index (χ0n) is 10.6. The Labute approximate surface area is 112 Å². The van der Waals surface area contributed by atoms with Crippen molar-refractivity contribution in [3.05, 3.63) is 0 Å². The first-order valence-corrected chi connectivity index (χ1v) is 7.77. The summed E-state index contributed by atoms with van der Waals surface area (Å²) in [5.41, 5.74) is 0. The van der Waals surface area contributed by atoms with E-state index < -0.39 is 0 Å². The monoisotopic (exact) mass is 307 g/mol. The molecule has 0 amide bonds. The second-order valence-corrected chi connectivity index (χ2v) is 6.33. The molecule has 1 aliphatic heterocycles. The molecule has 0 spiro atoms. The van der Waals surface area contributed by atoms with Crippen LogP contribution in [0.15, 0.2) is 4.99 Å². The Balaban J connectivity index is 2.54. The van der Waals surface area contributed by atoms with Gasteiger partial charge >= 0.3 is 0 Å². The summed E-state index contributed by atoms with van der Waals surface area (Å²) < 4.78 is 0. The average molecular weight is 308 g/mol. The van der Waals surface area contributed by atoms with E-state index >= 15 is 0 Å². The lowest BCUT2D eigenvalue weighted by Gasteiger charge is -2.31. The number of nitrogens with zero attached hydrogens (tertiary/aromatic N) is 3. The second kappa shape index (κ2) is 6.87. The molecule has 5 heteroatoms. The van der Waals surface area contributed by atoms with E-state index in [2.05, 4.69) is 58.7 Å². The van der Waals surface area contributed by atoms with Gasteiger partial charge in [-0.1, -0.05) is 27.7 Å². The van der Waals surface area contributed by atoms with E-state index in [4.69, 9.17) is 0 Å². The predicted molar refractivity (Wildman–Crippen MR) is 77.9 cm³/mol. The molecule has 16 heavy (non-hydrogen) atoms. The van der Waals surface area contributed by atoms with Gasteiger partial charge in [-0.2, -0.15) is 0 Å². The standard InChI is InChI=1S/C11H22BrN3S/c1-5-15(9(2)8-14(3)4)11-13-7-10(6-12)16-11/h9-10H,5-8H2,1-4H3. The molecule has 0 saturated carbocycles. The van der Waals surface area contributed by atoms with Crippen LogP contribution < -0.4 is 0 Å². The molecule has 1 aliphatic rings. The van der Waals surface area contributed by atoms with E-state index in [1.807, 2.05) is 11.8 Å². The topological polar surface area (TPSA) is 18.8 Å². The molecular formula is C11H22BrN3S. The summed E-state index contributed by atoms with van der Waals surface area (Å²) in [6.45, 7) is 7.55. The van der Waals surface area contributed by atoms with Crippen LogP contribution in [0.4, 0.5) is 0 Å². The molecule has 0 fully saturated rings. The van der Waals surface area contributed by atoms with Gasteiger partial charge in [0.1, 0.15) is 0 Å². The number of hydrogen-bond acceptors (Lipinski definition) is 4. The second-order valence-electron chi connectivity index (χ2n) is 4.41. The maximum absolute atomic E-state index is 4.64. The number of halogens is 1. The molecule has 0 N–H and O–H groups in total. The van der Waals surface area contributed by atoms with E-state index in [1.54, 1.807) is 0 Å². The van der Waals surface area contributed by atoms with Crippen LogP contribution in [0.2, 0.25) is 0 Å². The van der Waals surface area contributed by atoms with E-state index in [0.717, 1.165) is 25.0 Å². The van der Waals surface area contributed by atoms with Crippen LogP contribution >= 0.6 is 27.7 Å². The number of rotatable bonds is 5. The van der Waals surface area contributed by atoms with Gasteiger partial charge in [-0.05, 0) is 27.9 Å². The fraction of sp³-hybridized carbons (Fsp3) is 0.909. The molecule has 3 nitrogen and oxygen atoms in total. The molecule has 0 saturated heterocycles. The fourth-order valence-electron chi connectivity index (χ4n) is 1.90. The minimum absolute atomic E-state index is 0.528. The highest BCUT2D eigenvalue weighted by Crippen LogP contribution is 2.25. The highest BCUT2D eigenvalue weighted by Gasteiger charge is 2.25. The predicted octanol–water partition coefficient (Wildman–Crippen LogP) is 2.12. The van der Waals surface area contributed by atoms with E-state index in [1.165, 1.54) is 5.17 Å². The van der Waals surface area contributed by atoms with Crippen molar-refractivity contribution in [2.45, 2.75) is 25.1 Å². The van der Waals surface area contributed by atoms with Crippen molar-refractivity contribution < 1.29 is 0 Å². The Kier molecular flexibility index (Phi) is 6.15. The van der Waals surface area contributed by atoms with E-state index in [-0.39, 0.29) is 0 Å². The Morgan fingerprint density at radius 1 is 1.56 bits per heavy atom. The zero-order valence-corrected chi connectivity index (χ0v) is 13.0. The van der Waals surface area contributed by atoms with Gasteiger partial charge in [0.2, 0.25) is 0 Å². The molecule has 1 rings (SSSR count). The molecule has 0 bridgehead atoms. The van der Waals surface area contributed by atoms with Gasteiger partial charge in [0.15, 0.2) is 5.17 Å². The third kappa shape index (κ3) is 3.93. The quantitative estimate of drug-likeness (QED) is 0.725. The minimum atomic E-state index is 0.528. The fourth-order valence-corrected chi connectivity index (χ4v) is 3.61. The van der Waals surface area contributed by atoms with Gasteiger partial charge in [0.25, 0.3) is 0 Å². The summed E-state index contributed by atoms with van der Waals surface area (Å²) in [7, 11) is 4.24. The summed E-state index contributed by atoms with van der Waals surface area (Å²) in [4.78, 5) is 9.29.